The largest absolute Gasteiger partial charge is 0.375 e. The molecule has 2 amide bonds. The minimum Gasteiger partial charge on any atom is -0.375 e. The van der Waals surface area contributed by atoms with Crippen molar-refractivity contribution in [1.82, 2.24) is 0 Å². The molecule has 2 aromatic rings. The van der Waals surface area contributed by atoms with Gasteiger partial charge in [0, 0.05) is 18.9 Å². The summed E-state index contributed by atoms with van der Waals surface area (Å²) in [6, 6.07) is 12.3. The van der Waals surface area contributed by atoms with Crippen LogP contribution in [0.3, 0.4) is 0 Å². The third kappa shape index (κ3) is 8.97. The van der Waals surface area contributed by atoms with E-state index in [0.29, 0.717) is 26.1 Å². The highest BCUT2D eigenvalue weighted by Crippen LogP contribution is 2.19. The van der Waals surface area contributed by atoms with Crippen molar-refractivity contribution in [2.75, 3.05) is 6.61 Å². The van der Waals surface area contributed by atoms with E-state index in [1.165, 1.54) is 5.56 Å². The van der Waals surface area contributed by atoms with Crippen LogP contribution in [-0.2, 0) is 27.4 Å². The van der Waals surface area contributed by atoms with Crippen LogP contribution in [0.1, 0.15) is 50.7 Å². The highest BCUT2D eigenvalue weighted by Gasteiger charge is 2.06. The third-order valence-corrected chi connectivity index (χ3v) is 4.22. The molecule has 0 aromatic heterocycles. The molecule has 0 saturated heterocycles. The topological polar surface area (TPSA) is 121 Å². The van der Waals surface area contributed by atoms with Gasteiger partial charge in [0.2, 0.25) is 11.8 Å². The van der Waals surface area contributed by atoms with Gasteiger partial charge < -0.3 is 21.9 Å². The van der Waals surface area contributed by atoms with Gasteiger partial charge in [-0.15, -0.1) is 0 Å². The Hall–Kier alpha value is -2.44. The summed E-state index contributed by atoms with van der Waals surface area (Å²) in [6.07, 6.45) is 2.83. The molecule has 0 aliphatic carbocycles. The van der Waals surface area contributed by atoms with Crippen LogP contribution in [0.5, 0.6) is 0 Å². The quantitative estimate of drug-likeness (QED) is 0.549. The number of hydrogen-bond acceptors (Lipinski definition) is 4. The van der Waals surface area contributed by atoms with E-state index in [2.05, 4.69) is 30.3 Å². The van der Waals surface area contributed by atoms with Gasteiger partial charge in [-0.1, -0.05) is 44.2 Å². The van der Waals surface area contributed by atoms with E-state index >= 15 is 0 Å². The Morgan fingerprint density at radius 1 is 0.929 bits per heavy atom. The summed E-state index contributed by atoms with van der Waals surface area (Å²) in [5.74, 6) is -0.603. The molecule has 1 unspecified atom stereocenters. The molecule has 2 aromatic carbocycles. The number of ether oxygens (including phenoxy) is 1. The number of hydrogen-bond donors (Lipinski definition) is 3. The van der Waals surface area contributed by atoms with E-state index in [1.807, 2.05) is 19.9 Å². The molecule has 0 aliphatic rings. The van der Waals surface area contributed by atoms with E-state index in [1.54, 1.807) is 0 Å². The molecule has 6 heteroatoms. The summed E-state index contributed by atoms with van der Waals surface area (Å²) in [7, 11) is 0. The van der Waals surface area contributed by atoms with Crippen LogP contribution in [0.25, 0.3) is 10.8 Å². The maximum absolute atomic E-state index is 10.8. The molecule has 6 nitrogen and oxygen atoms in total. The van der Waals surface area contributed by atoms with Crippen LogP contribution in [-0.4, -0.2) is 24.5 Å². The number of aryl methyl sites for hydroxylation is 1. The second kappa shape index (κ2) is 12.9. The zero-order valence-electron chi connectivity index (χ0n) is 16.9. The summed E-state index contributed by atoms with van der Waals surface area (Å²) < 4.78 is 5.64. The van der Waals surface area contributed by atoms with Crippen molar-refractivity contribution in [1.29, 1.82) is 0 Å². The van der Waals surface area contributed by atoms with Crippen LogP contribution in [0.15, 0.2) is 36.4 Å². The average molecular weight is 388 g/mol. The van der Waals surface area contributed by atoms with Gasteiger partial charge in [-0.05, 0) is 47.2 Å². The Bertz CT molecular complexity index is 762. The number of primary amides is 2. The molecule has 0 saturated carbocycles. The first-order chi connectivity index (χ1) is 13.4. The van der Waals surface area contributed by atoms with Gasteiger partial charge in [0.25, 0.3) is 0 Å². The Kier molecular flexibility index (Phi) is 10.8. The number of fused-ring (bicyclic) bond motifs is 1. The molecular weight excluding hydrogens is 354 g/mol. The van der Waals surface area contributed by atoms with Crippen molar-refractivity contribution in [2.24, 2.45) is 17.2 Å². The van der Waals surface area contributed by atoms with E-state index in [4.69, 9.17) is 21.9 Å². The molecule has 0 radical (unpaired) electrons. The molecular formula is C22H33N3O3. The van der Waals surface area contributed by atoms with Crippen LogP contribution >= 0.6 is 0 Å². The lowest BCUT2D eigenvalue weighted by Gasteiger charge is -2.12. The first-order valence-corrected chi connectivity index (χ1v) is 9.85. The number of nitrogens with two attached hydrogens (primary N) is 3. The van der Waals surface area contributed by atoms with Crippen LogP contribution < -0.4 is 17.2 Å². The monoisotopic (exact) mass is 387 g/mol. The molecule has 0 aliphatic heterocycles. The fourth-order valence-corrected chi connectivity index (χ4v) is 2.80. The van der Waals surface area contributed by atoms with E-state index in [9.17, 15) is 9.59 Å². The Morgan fingerprint density at radius 2 is 1.50 bits per heavy atom. The van der Waals surface area contributed by atoms with Gasteiger partial charge >= 0.3 is 0 Å². The summed E-state index contributed by atoms with van der Waals surface area (Å²) in [5.41, 5.74) is 18.4. The number of amides is 2. The lowest BCUT2D eigenvalue weighted by Crippen LogP contribution is -2.28. The van der Waals surface area contributed by atoms with Crippen molar-refractivity contribution in [2.45, 2.75) is 58.6 Å². The minimum atomic E-state index is -0.344. The van der Waals surface area contributed by atoms with Gasteiger partial charge in [0.15, 0.2) is 0 Å². The van der Waals surface area contributed by atoms with Gasteiger partial charge in [0.05, 0.1) is 13.2 Å². The fraction of sp³-hybridized carbons (Fsp3) is 0.455. The zero-order valence-corrected chi connectivity index (χ0v) is 16.9. The van der Waals surface area contributed by atoms with Crippen molar-refractivity contribution < 1.29 is 14.3 Å². The van der Waals surface area contributed by atoms with Gasteiger partial charge in [-0.2, -0.15) is 0 Å². The van der Waals surface area contributed by atoms with Gasteiger partial charge in [0.1, 0.15) is 0 Å². The maximum atomic E-state index is 10.8. The number of carbonyl (C=O) groups excluding carboxylic acids is 2. The van der Waals surface area contributed by atoms with Crippen molar-refractivity contribution in [3.05, 3.63) is 47.5 Å². The van der Waals surface area contributed by atoms with Crippen LogP contribution in [0.4, 0.5) is 0 Å². The van der Waals surface area contributed by atoms with E-state index in [0.717, 1.165) is 29.2 Å². The maximum Gasteiger partial charge on any atom is 0.217 e. The predicted octanol–water partition coefficient (Wildman–Crippen LogP) is 2.78. The summed E-state index contributed by atoms with van der Waals surface area (Å²) in [5, 5.41) is 2.30. The molecule has 0 heterocycles. The smallest absolute Gasteiger partial charge is 0.217 e. The second-order valence-corrected chi connectivity index (χ2v) is 6.62. The Labute approximate surface area is 167 Å². The SMILES string of the molecule is CC.NC(=O)CCCc1ccc2cc(COCC(N)CCC(N)=O)ccc2c1. The molecule has 1 atom stereocenters. The second-order valence-electron chi connectivity index (χ2n) is 6.62. The number of rotatable bonds is 11. The van der Waals surface area contributed by atoms with Crippen molar-refractivity contribution >= 4 is 22.6 Å². The number of benzene rings is 2. The number of carbonyl (C=O) groups is 2. The molecule has 0 fully saturated rings. The summed E-state index contributed by atoms with van der Waals surface area (Å²) in [4.78, 5) is 21.6. The molecule has 2 rings (SSSR count). The lowest BCUT2D eigenvalue weighted by molar-refractivity contribution is -0.119. The summed E-state index contributed by atoms with van der Waals surface area (Å²) in [6.45, 7) is 4.87. The molecule has 0 spiro atoms. The third-order valence-electron chi connectivity index (χ3n) is 4.22. The Balaban J connectivity index is 0.00000190. The Morgan fingerprint density at radius 3 is 2.11 bits per heavy atom. The summed E-state index contributed by atoms with van der Waals surface area (Å²) >= 11 is 0. The first kappa shape index (κ1) is 23.6. The fourth-order valence-electron chi connectivity index (χ4n) is 2.80. The lowest BCUT2D eigenvalue weighted by atomic mass is 10.0. The van der Waals surface area contributed by atoms with Gasteiger partial charge in [-0.25, -0.2) is 0 Å². The first-order valence-electron chi connectivity index (χ1n) is 9.85. The highest BCUT2D eigenvalue weighted by atomic mass is 16.5. The minimum absolute atomic E-state index is 0.189. The molecule has 28 heavy (non-hydrogen) atoms. The van der Waals surface area contributed by atoms with E-state index < -0.39 is 0 Å². The standard InChI is InChI=1S/C20H27N3O3.C2H6/c21-18(8-9-20(23)25)13-26-12-15-5-7-16-10-14(2-1-3-19(22)24)4-6-17(16)11-15;1-2/h4-7,10-11,18H,1-3,8-9,12-13,21H2,(H2,22,24)(H2,23,25);1-2H3. The highest BCUT2D eigenvalue weighted by molar-refractivity contribution is 5.83. The zero-order chi connectivity index (χ0) is 20.9. The van der Waals surface area contributed by atoms with Crippen molar-refractivity contribution in [3.8, 4) is 0 Å². The average Bonchev–Trinajstić information content (AvgIpc) is 2.67. The molecule has 154 valence electrons. The molecule has 0 bridgehead atoms. The van der Waals surface area contributed by atoms with Crippen LogP contribution in [0.2, 0.25) is 0 Å². The predicted molar refractivity (Wildman–Crippen MR) is 113 cm³/mol. The normalized spacial score (nSPS) is 11.5. The van der Waals surface area contributed by atoms with Crippen LogP contribution in [0, 0.1) is 0 Å². The van der Waals surface area contributed by atoms with E-state index in [-0.39, 0.29) is 24.3 Å². The van der Waals surface area contributed by atoms with Gasteiger partial charge in [-0.3, -0.25) is 9.59 Å². The molecule has 6 N–H and O–H groups in total. The van der Waals surface area contributed by atoms with Crippen molar-refractivity contribution in [3.63, 3.8) is 0 Å².